The maximum Gasteiger partial charge on any atom is 0.216 e. The van der Waals surface area contributed by atoms with Crippen LogP contribution in [0.15, 0.2) is 30.7 Å². The van der Waals surface area contributed by atoms with Gasteiger partial charge in [-0.3, -0.25) is 4.79 Å². The summed E-state index contributed by atoms with van der Waals surface area (Å²) in [5.41, 5.74) is 7.62. The van der Waals surface area contributed by atoms with Crippen molar-refractivity contribution in [3.8, 4) is 5.75 Å². The lowest BCUT2D eigenvalue weighted by Gasteiger charge is -2.19. The molecule has 20 heavy (non-hydrogen) atoms. The molecule has 1 aliphatic rings. The van der Waals surface area contributed by atoms with E-state index < -0.39 is 0 Å². The van der Waals surface area contributed by atoms with E-state index in [1.807, 2.05) is 16.7 Å². The minimum absolute atomic E-state index is 0.0977. The van der Waals surface area contributed by atoms with Crippen LogP contribution in [0.3, 0.4) is 0 Å². The van der Waals surface area contributed by atoms with Crippen molar-refractivity contribution in [2.45, 2.75) is 19.4 Å². The third-order valence-corrected chi connectivity index (χ3v) is 3.43. The first-order chi connectivity index (χ1) is 9.79. The van der Waals surface area contributed by atoms with Gasteiger partial charge in [-0.15, -0.1) is 0 Å². The maximum atomic E-state index is 12.5. The molecule has 5 nitrogen and oxygen atoms in total. The summed E-state index contributed by atoms with van der Waals surface area (Å²) in [6.45, 7) is 1.84. The van der Waals surface area contributed by atoms with Gasteiger partial charge in [-0.05, 0) is 24.5 Å². The number of aryl methyl sites for hydroxylation is 1. The number of nitrogens with two attached hydrogens (primary N) is 1. The zero-order valence-corrected chi connectivity index (χ0v) is 11.2. The molecular weight excluding hydrogens is 254 g/mol. The molecular formula is C15H17N3O2. The third-order valence-electron chi connectivity index (χ3n) is 3.43. The molecule has 0 unspecified atom stereocenters. The average Bonchev–Trinajstić information content (AvgIpc) is 2.95. The van der Waals surface area contributed by atoms with Crippen molar-refractivity contribution in [2.24, 2.45) is 5.73 Å². The van der Waals surface area contributed by atoms with Crippen molar-refractivity contribution in [3.63, 3.8) is 0 Å². The molecule has 2 aromatic rings. The number of nitrogens with zero attached hydrogens (tertiary/aromatic N) is 2. The Bertz CT molecular complexity index is 634. The summed E-state index contributed by atoms with van der Waals surface area (Å²) in [4.78, 5) is 16.7. The lowest BCUT2D eigenvalue weighted by molar-refractivity contribution is 0.103. The SMILES string of the molecule is NCCn1cnc(C(=O)c2cccc3c2OCCC3)c1. The third kappa shape index (κ3) is 2.32. The number of para-hydroxylation sites is 1. The van der Waals surface area contributed by atoms with Gasteiger partial charge in [0.25, 0.3) is 0 Å². The molecule has 1 aliphatic heterocycles. The van der Waals surface area contributed by atoms with E-state index in [-0.39, 0.29) is 5.78 Å². The second-order valence-corrected chi connectivity index (χ2v) is 4.86. The van der Waals surface area contributed by atoms with Crippen molar-refractivity contribution < 1.29 is 9.53 Å². The number of aromatic nitrogens is 2. The number of ether oxygens (including phenoxy) is 1. The van der Waals surface area contributed by atoms with E-state index >= 15 is 0 Å². The van der Waals surface area contributed by atoms with Gasteiger partial charge in [-0.25, -0.2) is 4.98 Å². The molecule has 5 heteroatoms. The van der Waals surface area contributed by atoms with Crippen LogP contribution in [0.1, 0.15) is 28.0 Å². The molecule has 3 rings (SSSR count). The number of carbonyl (C=O) groups is 1. The monoisotopic (exact) mass is 271 g/mol. The van der Waals surface area contributed by atoms with Crippen LogP contribution in [0.4, 0.5) is 0 Å². The summed E-state index contributed by atoms with van der Waals surface area (Å²) < 4.78 is 7.50. The second kappa shape index (κ2) is 5.46. The predicted molar refractivity (Wildman–Crippen MR) is 75.0 cm³/mol. The zero-order valence-electron chi connectivity index (χ0n) is 11.2. The minimum atomic E-state index is -0.0977. The van der Waals surface area contributed by atoms with Crippen molar-refractivity contribution in [3.05, 3.63) is 47.5 Å². The van der Waals surface area contributed by atoms with Gasteiger partial charge in [-0.2, -0.15) is 0 Å². The van der Waals surface area contributed by atoms with Gasteiger partial charge in [0.2, 0.25) is 5.78 Å². The number of hydrogen-bond acceptors (Lipinski definition) is 4. The minimum Gasteiger partial charge on any atom is -0.493 e. The molecule has 0 saturated heterocycles. The van der Waals surface area contributed by atoms with Crippen LogP contribution in [0.5, 0.6) is 5.75 Å². The van der Waals surface area contributed by atoms with Crippen LogP contribution < -0.4 is 10.5 Å². The number of fused-ring (bicyclic) bond motifs is 1. The van der Waals surface area contributed by atoms with E-state index in [9.17, 15) is 4.79 Å². The summed E-state index contributed by atoms with van der Waals surface area (Å²) in [7, 11) is 0. The quantitative estimate of drug-likeness (QED) is 0.853. The number of benzene rings is 1. The van der Waals surface area contributed by atoms with Gasteiger partial charge in [0.05, 0.1) is 18.5 Å². The highest BCUT2D eigenvalue weighted by molar-refractivity contribution is 6.09. The van der Waals surface area contributed by atoms with Crippen LogP contribution >= 0.6 is 0 Å². The van der Waals surface area contributed by atoms with Crippen molar-refractivity contribution in [1.29, 1.82) is 0 Å². The van der Waals surface area contributed by atoms with Crippen molar-refractivity contribution in [1.82, 2.24) is 9.55 Å². The van der Waals surface area contributed by atoms with E-state index in [1.54, 1.807) is 18.6 Å². The van der Waals surface area contributed by atoms with Crippen LogP contribution in [-0.4, -0.2) is 28.5 Å². The lowest BCUT2D eigenvalue weighted by atomic mass is 9.99. The molecule has 1 aromatic heterocycles. The summed E-state index contributed by atoms with van der Waals surface area (Å²) in [6.07, 6.45) is 5.32. The zero-order chi connectivity index (χ0) is 13.9. The summed E-state index contributed by atoms with van der Waals surface area (Å²) in [5, 5.41) is 0. The Hall–Kier alpha value is -2.14. The van der Waals surface area contributed by atoms with Crippen molar-refractivity contribution >= 4 is 5.78 Å². The number of ketones is 1. The van der Waals surface area contributed by atoms with Gasteiger partial charge in [-0.1, -0.05) is 12.1 Å². The van der Waals surface area contributed by atoms with Gasteiger partial charge < -0.3 is 15.0 Å². The predicted octanol–water partition coefficient (Wildman–Crippen LogP) is 1.40. The van der Waals surface area contributed by atoms with Gasteiger partial charge in [0.15, 0.2) is 0 Å². The smallest absolute Gasteiger partial charge is 0.216 e. The molecule has 0 saturated carbocycles. The van der Waals surface area contributed by atoms with Crippen molar-refractivity contribution in [2.75, 3.05) is 13.2 Å². The van der Waals surface area contributed by atoms with Gasteiger partial charge >= 0.3 is 0 Å². The van der Waals surface area contributed by atoms with Crippen LogP contribution in [-0.2, 0) is 13.0 Å². The Kier molecular flexibility index (Phi) is 3.52. The highest BCUT2D eigenvalue weighted by atomic mass is 16.5. The fraction of sp³-hybridized carbons (Fsp3) is 0.333. The molecule has 1 aromatic carbocycles. The lowest BCUT2D eigenvalue weighted by Crippen LogP contribution is -2.13. The van der Waals surface area contributed by atoms with Crippen LogP contribution in [0.25, 0.3) is 0 Å². The molecule has 2 N–H and O–H groups in total. The van der Waals surface area contributed by atoms with E-state index in [0.717, 1.165) is 24.2 Å². The largest absolute Gasteiger partial charge is 0.493 e. The standard InChI is InChI=1S/C15H17N3O2/c16-6-7-18-9-13(17-10-18)14(19)12-5-1-3-11-4-2-8-20-15(11)12/h1,3,5,9-10H,2,4,6-8,16H2. The fourth-order valence-corrected chi connectivity index (χ4v) is 2.45. The fourth-order valence-electron chi connectivity index (χ4n) is 2.45. The summed E-state index contributed by atoms with van der Waals surface area (Å²) >= 11 is 0. The first-order valence-electron chi connectivity index (χ1n) is 6.81. The highest BCUT2D eigenvalue weighted by Gasteiger charge is 2.21. The molecule has 0 bridgehead atoms. The molecule has 2 heterocycles. The topological polar surface area (TPSA) is 70.1 Å². The van der Waals surface area contributed by atoms with E-state index in [2.05, 4.69) is 4.98 Å². The number of imidazole rings is 1. The second-order valence-electron chi connectivity index (χ2n) is 4.86. The van der Waals surface area contributed by atoms with Crippen LogP contribution in [0.2, 0.25) is 0 Å². The Morgan fingerprint density at radius 3 is 3.20 bits per heavy atom. The average molecular weight is 271 g/mol. The Labute approximate surface area is 117 Å². The maximum absolute atomic E-state index is 12.5. The number of hydrogen-bond donors (Lipinski definition) is 1. The van der Waals surface area contributed by atoms with Gasteiger partial charge in [0, 0.05) is 19.3 Å². The Morgan fingerprint density at radius 1 is 1.45 bits per heavy atom. The molecule has 0 fully saturated rings. The Morgan fingerprint density at radius 2 is 2.35 bits per heavy atom. The molecule has 0 atom stereocenters. The molecule has 0 radical (unpaired) electrons. The normalized spacial score (nSPS) is 13.7. The van der Waals surface area contributed by atoms with Crippen LogP contribution in [0, 0.1) is 0 Å². The molecule has 0 spiro atoms. The van der Waals surface area contributed by atoms with E-state index in [4.69, 9.17) is 10.5 Å². The number of rotatable bonds is 4. The molecule has 0 amide bonds. The summed E-state index contributed by atoms with van der Waals surface area (Å²) in [5.74, 6) is 0.622. The first kappa shape index (κ1) is 12.9. The van der Waals surface area contributed by atoms with Gasteiger partial charge in [0.1, 0.15) is 11.4 Å². The highest BCUT2D eigenvalue weighted by Crippen LogP contribution is 2.30. The molecule has 104 valence electrons. The van der Waals surface area contributed by atoms with E-state index in [0.29, 0.717) is 31.0 Å². The first-order valence-corrected chi connectivity index (χ1v) is 6.81. The Balaban J connectivity index is 1.93. The van der Waals surface area contributed by atoms with E-state index in [1.165, 1.54) is 0 Å². The molecule has 0 aliphatic carbocycles. The number of carbonyl (C=O) groups excluding carboxylic acids is 1. The summed E-state index contributed by atoms with van der Waals surface area (Å²) in [6, 6.07) is 5.71.